The van der Waals surface area contributed by atoms with E-state index in [1.54, 1.807) is 0 Å². The molecule has 0 bridgehead atoms. The molecule has 0 radical (unpaired) electrons. The fraction of sp³-hybridized carbons (Fsp3) is 1.00. The number of hydrogen-bond donors (Lipinski definition) is 2. The summed E-state index contributed by atoms with van der Waals surface area (Å²) in [6, 6.07) is 0.932. The van der Waals surface area contributed by atoms with Gasteiger partial charge in [0.1, 0.15) is 0 Å². The molecule has 120 valence electrons. The molecule has 4 aliphatic carbocycles. The minimum atomic E-state index is 0.462. The monoisotopic (exact) mass is 290 g/mol. The zero-order chi connectivity index (χ0) is 14.8. The summed E-state index contributed by atoms with van der Waals surface area (Å²) in [4.78, 5) is 0. The Morgan fingerprint density at radius 1 is 0.810 bits per heavy atom. The fourth-order valence-electron chi connectivity index (χ4n) is 7.52. The van der Waals surface area contributed by atoms with Crippen LogP contribution < -0.4 is 11.5 Å². The highest BCUT2D eigenvalue weighted by Crippen LogP contribution is 2.65. The average Bonchev–Trinajstić information content (AvgIpc) is 2.72. The smallest absolute Gasteiger partial charge is 0.00470 e. The van der Waals surface area contributed by atoms with E-state index < -0.39 is 0 Å². The molecule has 3 unspecified atom stereocenters. The largest absolute Gasteiger partial charge is 0.328 e. The lowest BCUT2D eigenvalue weighted by atomic mass is 9.45. The number of nitrogens with two attached hydrogens (primary N) is 2. The maximum Gasteiger partial charge on any atom is 0.00470 e. The van der Waals surface area contributed by atoms with Gasteiger partial charge in [0.2, 0.25) is 0 Å². The summed E-state index contributed by atoms with van der Waals surface area (Å²) < 4.78 is 0. The van der Waals surface area contributed by atoms with Crippen LogP contribution in [0.4, 0.5) is 0 Å². The van der Waals surface area contributed by atoms with Crippen LogP contribution in [0, 0.1) is 34.5 Å². The van der Waals surface area contributed by atoms with E-state index in [0.29, 0.717) is 22.9 Å². The van der Waals surface area contributed by atoms with Gasteiger partial charge in [0.25, 0.3) is 0 Å². The van der Waals surface area contributed by atoms with Gasteiger partial charge in [-0.25, -0.2) is 0 Å². The normalized spacial score (nSPS) is 60.0. The second kappa shape index (κ2) is 4.71. The molecule has 21 heavy (non-hydrogen) atoms. The molecule has 8 atom stereocenters. The molecule has 4 saturated carbocycles. The van der Waals surface area contributed by atoms with Crippen molar-refractivity contribution in [3.63, 3.8) is 0 Å². The molecular formula is C19H34N2. The van der Waals surface area contributed by atoms with Gasteiger partial charge in [-0.15, -0.1) is 0 Å². The van der Waals surface area contributed by atoms with Gasteiger partial charge in [0.15, 0.2) is 0 Å². The van der Waals surface area contributed by atoms with Crippen molar-refractivity contribution < 1.29 is 0 Å². The van der Waals surface area contributed by atoms with Gasteiger partial charge in [0.05, 0.1) is 0 Å². The van der Waals surface area contributed by atoms with Crippen molar-refractivity contribution in [2.75, 3.05) is 0 Å². The number of fused-ring (bicyclic) bond motifs is 5. The van der Waals surface area contributed by atoms with Gasteiger partial charge >= 0.3 is 0 Å². The van der Waals surface area contributed by atoms with Crippen molar-refractivity contribution in [2.45, 2.75) is 83.7 Å². The molecule has 0 amide bonds. The zero-order valence-corrected chi connectivity index (χ0v) is 14.0. The Labute approximate surface area is 130 Å². The van der Waals surface area contributed by atoms with Crippen molar-refractivity contribution in [1.82, 2.24) is 0 Å². The van der Waals surface area contributed by atoms with Crippen LogP contribution in [0.5, 0.6) is 0 Å². The summed E-state index contributed by atoms with van der Waals surface area (Å²) >= 11 is 0. The number of hydrogen-bond acceptors (Lipinski definition) is 2. The summed E-state index contributed by atoms with van der Waals surface area (Å²) in [6.07, 6.45) is 12.3. The summed E-state index contributed by atoms with van der Waals surface area (Å²) in [5.41, 5.74) is 13.8. The molecule has 0 saturated heterocycles. The first kappa shape index (κ1) is 14.5. The topological polar surface area (TPSA) is 52.0 Å². The van der Waals surface area contributed by atoms with Gasteiger partial charge < -0.3 is 11.5 Å². The second-order valence-corrected chi connectivity index (χ2v) is 9.59. The highest BCUT2D eigenvalue weighted by molar-refractivity contribution is 5.09. The van der Waals surface area contributed by atoms with Gasteiger partial charge in [0, 0.05) is 12.1 Å². The summed E-state index contributed by atoms with van der Waals surface area (Å²) in [6.45, 7) is 5.15. The molecular weight excluding hydrogens is 256 g/mol. The highest BCUT2D eigenvalue weighted by atomic mass is 14.7. The van der Waals surface area contributed by atoms with Crippen molar-refractivity contribution in [3.05, 3.63) is 0 Å². The Morgan fingerprint density at radius 2 is 1.57 bits per heavy atom. The maximum atomic E-state index is 6.38. The molecule has 0 aliphatic heterocycles. The molecule has 0 aromatic heterocycles. The second-order valence-electron chi connectivity index (χ2n) is 9.59. The molecule has 0 aromatic rings. The first-order valence-corrected chi connectivity index (χ1v) is 9.43. The fourth-order valence-corrected chi connectivity index (χ4v) is 7.52. The Kier molecular flexibility index (Phi) is 3.25. The van der Waals surface area contributed by atoms with E-state index in [9.17, 15) is 0 Å². The van der Waals surface area contributed by atoms with Crippen LogP contribution in [0.15, 0.2) is 0 Å². The van der Waals surface area contributed by atoms with Crippen LogP contribution in [0.3, 0.4) is 0 Å². The summed E-state index contributed by atoms with van der Waals surface area (Å²) in [7, 11) is 0. The molecule has 4 N–H and O–H groups in total. The Bertz CT molecular complexity index is 422. The minimum absolute atomic E-state index is 0.462. The Morgan fingerprint density at radius 3 is 2.38 bits per heavy atom. The SMILES string of the molecule is C[C@]12CC[C@H]3[C@@H](CCC4CCC(N)C[C@@]43C)[C@@H]1CC(N)C2. The molecule has 4 fully saturated rings. The third-order valence-corrected chi connectivity index (χ3v) is 8.46. The van der Waals surface area contributed by atoms with Crippen molar-refractivity contribution >= 4 is 0 Å². The van der Waals surface area contributed by atoms with E-state index in [1.807, 2.05) is 0 Å². The molecule has 0 aromatic carbocycles. The van der Waals surface area contributed by atoms with Gasteiger partial charge in [-0.1, -0.05) is 13.8 Å². The summed E-state index contributed by atoms with van der Waals surface area (Å²) in [5, 5.41) is 0. The van der Waals surface area contributed by atoms with Crippen molar-refractivity contribution in [2.24, 2.45) is 46.0 Å². The first-order valence-electron chi connectivity index (χ1n) is 9.43. The Balaban J connectivity index is 1.64. The number of rotatable bonds is 0. The lowest BCUT2D eigenvalue weighted by Crippen LogP contribution is -2.54. The molecule has 0 heterocycles. The van der Waals surface area contributed by atoms with Crippen LogP contribution in [0.25, 0.3) is 0 Å². The van der Waals surface area contributed by atoms with E-state index in [-0.39, 0.29) is 0 Å². The van der Waals surface area contributed by atoms with Crippen LogP contribution in [-0.2, 0) is 0 Å². The minimum Gasteiger partial charge on any atom is -0.328 e. The average molecular weight is 290 g/mol. The van der Waals surface area contributed by atoms with Crippen LogP contribution >= 0.6 is 0 Å². The van der Waals surface area contributed by atoms with Gasteiger partial charge in [-0.2, -0.15) is 0 Å². The standard InChI is InChI=1S/C19H34N2/c1-18-8-7-16-15(17(18)9-14(21)10-18)6-4-12-3-5-13(20)11-19(12,16)2/h12-17H,3-11,20-21H2,1-2H3/t12?,13?,14?,15-,16+,17+,18-,19+/m1/s1. The van der Waals surface area contributed by atoms with Crippen molar-refractivity contribution in [3.8, 4) is 0 Å². The van der Waals surface area contributed by atoms with E-state index in [4.69, 9.17) is 11.5 Å². The maximum absolute atomic E-state index is 6.38. The third-order valence-electron chi connectivity index (χ3n) is 8.46. The summed E-state index contributed by atoms with van der Waals surface area (Å²) in [5.74, 6) is 3.75. The Hall–Kier alpha value is -0.0800. The lowest BCUT2D eigenvalue weighted by molar-refractivity contribution is -0.106. The van der Waals surface area contributed by atoms with Crippen LogP contribution in [0.2, 0.25) is 0 Å². The lowest BCUT2D eigenvalue weighted by Gasteiger charge is -2.60. The third kappa shape index (κ3) is 2.05. The van der Waals surface area contributed by atoms with Gasteiger partial charge in [-0.3, -0.25) is 0 Å². The zero-order valence-electron chi connectivity index (χ0n) is 14.0. The van der Waals surface area contributed by atoms with Crippen LogP contribution in [0.1, 0.15) is 71.6 Å². The molecule has 4 aliphatic rings. The molecule has 2 heteroatoms. The predicted octanol–water partition coefficient (Wildman–Crippen LogP) is 3.68. The van der Waals surface area contributed by atoms with E-state index in [0.717, 1.165) is 23.7 Å². The molecule has 0 spiro atoms. The van der Waals surface area contributed by atoms with E-state index >= 15 is 0 Å². The van der Waals surface area contributed by atoms with E-state index in [1.165, 1.54) is 57.8 Å². The molecule has 2 nitrogen and oxygen atoms in total. The van der Waals surface area contributed by atoms with Crippen LogP contribution in [-0.4, -0.2) is 12.1 Å². The van der Waals surface area contributed by atoms with Gasteiger partial charge in [-0.05, 0) is 92.3 Å². The first-order chi connectivity index (χ1) is 9.92. The quantitative estimate of drug-likeness (QED) is 0.715. The highest BCUT2D eigenvalue weighted by Gasteiger charge is 2.58. The molecule has 4 rings (SSSR count). The van der Waals surface area contributed by atoms with Crippen molar-refractivity contribution in [1.29, 1.82) is 0 Å². The predicted molar refractivity (Wildman–Crippen MR) is 87.7 cm³/mol. The van der Waals surface area contributed by atoms with E-state index in [2.05, 4.69) is 13.8 Å².